The molecule has 0 aliphatic heterocycles. The van der Waals surface area contributed by atoms with Gasteiger partial charge in [-0.3, -0.25) is 0 Å². The van der Waals surface area contributed by atoms with Crippen molar-refractivity contribution in [3.63, 3.8) is 0 Å². The second-order valence-electron chi connectivity index (χ2n) is 0. The molecule has 0 aliphatic rings. The van der Waals surface area contributed by atoms with Gasteiger partial charge in [0.05, 0.1) is 0 Å². The fraction of sp³-hybridized carbons (Fsp3) is 0. The zero-order chi connectivity index (χ0) is 2.00. The monoisotopic (exact) mass is 164 g/mol. The standard InChI is InChI=1S/Cr.2Na.2H2O.S/h;;;2*1H2;/q;2*+1;;;/p-2. The van der Waals surface area contributed by atoms with Gasteiger partial charge in [-0.1, -0.05) is 0 Å². The maximum absolute atomic E-state index is 3.96. The van der Waals surface area contributed by atoms with E-state index in [1.165, 1.54) is 0 Å². The van der Waals surface area contributed by atoms with Gasteiger partial charge in [-0.15, -0.1) is 0 Å². The van der Waals surface area contributed by atoms with Crippen LogP contribution < -0.4 is 59.1 Å². The van der Waals surface area contributed by atoms with Crippen LogP contribution in [0.4, 0.5) is 0 Å². The van der Waals surface area contributed by atoms with Crippen LogP contribution >= 0.6 is 10.5 Å². The molecule has 0 fully saturated rings. The van der Waals surface area contributed by atoms with Gasteiger partial charge in [-0.05, 0) is 0 Å². The zero-order valence-electron chi connectivity index (χ0n) is 3.71. The van der Waals surface area contributed by atoms with Crippen LogP contribution in [0.3, 0.4) is 0 Å². The molecule has 0 saturated heterocycles. The summed E-state index contributed by atoms with van der Waals surface area (Å²) in [5.41, 5.74) is 0. The maximum atomic E-state index is 3.96. The molecule has 0 aliphatic carbocycles. The molecule has 0 aromatic heterocycles. The summed E-state index contributed by atoms with van der Waals surface area (Å²) < 4.78 is 0. The van der Waals surface area contributed by atoms with Crippen molar-refractivity contribution in [2.24, 2.45) is 0 Å². The molecule has 0 radical (unpaired) electrons. The van der Waals surface area contributed by atoms with Crippen LogP contribution in [0.25, 0.3) is 0 Å². The number of rotatable bonds is 0. The van der Waals surface area contributed by atoms with Gasteiger partial charge in [0.15, 0.2) is 0 Å². The molecule has 2 nitrogen and oxygen atoms in total. The predicted molar refractivity (Wildman–Crippen MR) is 11.5 cm³/mol. The Morgan fingerprint density at radius 1 is 0.833 bits per heavy atom. The summed E-state index contributed by atoms with van der Waals surface area (Å²) in [6.45, 7) is 0. The normalized spacial score (nSPS) is 0.667. The molecule has 0 amide bonds. The first kappa shape index (κ1) is 37.9. The van der Waals surface area contributed by atoms with Crippen LogP contribution in [0.5, 0.6) is 0 Å². The minimum atomic E-state index is 0. The Hall–Kier alpha value is 2.67. The second-order valence-corrected chi connectivity index (χ2v) is 0. The van der Waals surface area contributed by atoms with Gasteiger partial charge in [-0.2, -0.15) is 0 Å². The van der Waals surface area contributed by atoms with Crippen LogP contribution in [0.2, 0.25) is 0 Å². The summed E-state index contributed by atoms with van der Waals surface area (Å²) >= 11 is 2.21. The van der Waals surface area contributed by atoms with Gasteiger partial charge in [-0.25, -0.2) is 0 Å². The summed E-state index contributed by atoms with van der Waals surface area (Å²) in [6, 6.07) is 0. The molecule has 2 N–H and O–H groups in total. The van der Waals surface area contributed by atoms with Crippen molar-refractivity contribution in [1.29, 1.82) is 0 Å². The third-order valence-electron chi connectivity index (χ3n) is 0. The second kappa shape index (κ2) is 47.8. The molecule has 6 heteroatoms. The van der Waals surface area contributed by atoms with E-state index in [-0.39, 0.29) is 70.1 Å². The molecule has 0 atom stereocenters. The Labute approximate surface area is 93.5 Å². The summed E-state index contributed by atoms with van der Waals surface area (Å²) in [6.07, 6.45) is 0. The average Bonchev–Trinajstić information content (AvgIpc) is 1.00. The van der Waals surface area contributed by atoms with E-state index in [4.69, 9.17) is 0 Å². The third kappa shape index (κ3) is 30.1. The molecule has 6 heavy (non-hydrogen) atoms. The number of hydrogen-bond acceptors (Lipinski definition) is 3. The first-order valence-corrected chi connectivity index (χ1v) is 2.06. The van der Waals surface area contributed by atoms with Gasteiger partial charge >= 0.3 is 84.3 Å². The Bertz CT molecular complexity index is 11.5. The molecular formula is H2CrNa2O2S. The van der Waals surface area contributed by atoms with Gasteiger partial charge in [0.25, 0.3) is 0 Å². The van der Waals surface area contributed by atoms with Crippen LogP contribution in [0.1, 0.15) is 0 Å². The predicted octanol–water partition coefficient (Wildman–Crippen LogP) is -5.70. The molecule has 0 bridgehead atoms. The van der Waals surface area contributed by atoms with Crippen LogP contribution in [-0.4, -0.2) is 11.0 Å². The topological polar surface area (TPSA) is 60.0 Å². The van der Waals surface area contributed by atoms with Crippen LogP contribution in [0.15, 0.2) is 0 Å². The molecular weight excluding hydrogens is 162 g/mol. The van der Waals surface area contributed by atoms with E-state index in [2.05, 4.69) is 25.1 Å². The Morgan fingerprint density at radius 3 is 0.833 bits per heavy atom. The fourth-order valence-electron chi connectivity index (χ4n) is 0. The average molecular weight is 164 g/mol. The summed E-state index contributed by atoms with van der Waals surface area (Å²) in [5, 5.41) is 0. The van der Waals surface area contributed by atoms with Crippen molar-refractivity contribution in [1.82, 2.24) is 0 Å². The van der Waals surface area contributed by atoms with E-state index >= 15 is 0 Å². The molecule has 0 aromatic rings. The van der Waals surface area contributed by atoms with E-state index in [9.17, 15) is 0 Å². The van der Waals surface area contributed by atoms with Gasteiger partial charge in [0.2, 0.25) is 0 Å². The Balaban J connectivity index is -0.000000000833. The quantitative estimate of drug-likeness (QED) is 0.335. The zero-order valence-corrected chi connectivity index (χ0v) is 9.80. The summed E-state index contributed by atoms with van der Waals surface area (Å²) in [5.74, 6) is 0. The van der Waals surface area contributed by atoms with Crippen molar-refractivity contribution in [2.45, 2.75) is 0 Å². The van der Waals surface area contributed by atoms with Gasteiger partial charge < -0.3 is 11.0 Å². The minimum absolute atomic E-state index is 0. The first-order valence-electron chi connectivity index (χ1n) is 0.167. The third-order valence-corrected chi connectivity index (χ3v) is 0. The molecule has 0 rings (SSSR count). The first-order chi connectivity index (χ1) is 1.00. The summed E-state index contributed by atoms with van der Waals surface area (Å²) in [4.78, 5) is 0. The fourth-order valence-corrected chi connectivity index (χ4v) is 0. The Kier molecular flexibility index (Phi) is 302. The molecule has 0 saturated carbocycles. The van der Waals surface area contributed by atoms with E-state index in [0.29, 0.717) is 0 Å². The van der Waals surface area contributed by atoms with Crippen molar-refractivity contribution < 1.29 is 84.7 Å². The van der Waals surface area contributed by atoms with Crippen molar-refractivity contribution in [3.05, 3.63) is 0 Å². The van der Waals surface area contributed by atoms with Crippen LogP contribution in [0, 0.1) is 0 Å². The number of hydrogen-bond donors (Lipinski definition) is 0. The van der Waals surface area contributed by atoms with E-state index in [0.717, 1.165) is 0 Å². The van der Waals surface area contributed by atoms with Crippen molar-refractivity contribution in [3.8, 4) is 0 Å². The van der Waals surface area contributed by atoms with Crippen molar-refractivity contribution in [2.75, 3.05) is 0 Å². The molecule has 0 aromatic carbocycles. The van der Waals surface area contributed by atoms with E-state index < -0.39 is 0 Å². The summed E-state index contributed by atoms with van der Waals surface area (Å²) in [7, 11) is 3.96. The molecule has 28 valence electrons. The van der Waals surface area contributed by atoms with E-state index in [1.54, 1.807) is 0 Å². The Morgan fingerprint density at radius 2 is 0.833 bits per heavy atom. The van der Waals surface area contributed by atoms with Crippen molar-refractivity contribution >= 4 is 10.5 Å². The SMILES string of the molecule is [Na+].[Na+].[OH-].[OH-].[S]=[Cr]. The van der Waals surface area contributed by atoms with Gasteiger partial charge in [0, 0.05) is 0 Å². The molecule has 0 heterocycles. The van der Waals surface area contributed by atoms with Gasteiger partial charge in [0.1, 0.15) is 0 Å². The van der Waals surface area contributed by atoms with E-state index in [1.807, 2.05) is 0 Å². The molecule has 0 spiro atoms. The molecule has 0 unspecified atom stereocenters. The van der Waals surface area contributed by atoms with Crippen LogP contribution in [-0.2, 0) is 14.6 Å².